The zero-order valence-electron chi connectivity index (χ0n) is 12.3. The van der Waals surface area contributed by atoms with Crippen LogP contribution in [0.15, 0.2) is 18.5 Å². The van der Waals surface area contributed by atoms with Gasteiger partial charge in [0.2, 0.25) is 0 Å². The zero-order valence-corrected chi connectivity index (χ0v) is 12.3. The summed E-state index contributed by atoms with van der Waals surface area (Å²) in [6.45, 7) is 3.76. The number of aryl methyl sites for hydroxylation is 2. The maximum atomic E-state index is 4.68. The van der Waals surface area contributed by atoms with Crippen LogP contribution >= 0.6 is 0 Å². The van der Waals surface area contributed by atoms with E-state index in [1.54, 1.807) is 0 Å². The first-order valence-corrected chi connectivity index (χ1v) is 7.46. The van der Waals surface area contributed by atoms with Gasteiger partial charge in [0.05, 0.1) is 17.4 Å². The summed E-state index contributed by atoms with van der Waals surface area (Å²) in [6.07, 6.45) is 9.44. The molecule has 0 saturated heterocycles. The summed E-state index contributed by atoms with van der Waals surface area (Å²) in [4.78, 5) is 0. The SMILES string of the molecule is Cc1nn(C2CCCC2)cc1CNCc1ccn(C)n1. The van der Waals surface area contributed by atoms with Gasteiger partial charge < -0.3 is 5.32 Å². The van der Waals surface area contributed by atoms with Crippen LogP contribution in [0, 0.1) is 6.92 Å². The van der Waals surface area contributed by atoms with Gasteiger partial charge in [0.15, 0.2) is 0 Å². The Morgan fingerprint density at radius 1 is 1.25 bits per heavy atom. The molecule has 5 heteroatoms. The predicted octanol–water partition coefficient (Wildman–Crippen LogP) is 2.33. The van der Waals surface area contributed by atoms with E-state index in [0.717, 1.165) is 24.5 Å². The van der Waals surface area contributed by atoms with Crippen LogP contribution < -0.4 is 5.32 Å². The van der Waals surface area contributed by atoms with Crippen LogP contribution in [0.2, 0.25) is 0 Å². The van der Waals surface area contributed by atoms with Gasteiger partial charge in [-0.2, -0.15) is 10.2 Å². The van der Waals surface area contributed by atoms with Crippen molar-refractivity contribution in [2.45, 2.75) is 51.7 Å². The molecule has 1 aliphatic carbocycles. The highest BCUT2D eigenvalue weighted by Gasteiger charge is 2.18. The monoisotopic (exact) mass is 273 g/mol. The van der Waals surface area contributed by atoms with Crippen LogP contribution in [-0.4, -0.2) is 19.6 Å². The molecular formula is C15H23N5. The van der Waals surface area contributed by atoms with Crippen molar-refractivity contribution >= 4 is 0 Å². The number of hydrogen-bond acceptors (Lipinski definition) is 3. The molecule has 0 aliphatic heterocycles. The van der Waals surface area contributed by atoms with E-state index in [1.807, 2.05) is 24.0 Å². The highest BCUT2D eigenvalue weighted by Crippen LogP contribution is 2.29. The lowest BCUT2D eigenvalue weighted by Crippen LogP contribution is -2.13. The topological polar surface area (TPSA) is 47.7 Å². The second-order valence-electron chi connectivity index (χ2n) is 5.74. The molecule has 2 heterocycles. The van der Waals surface area contributed by atoms with Crippen molar-refractivity contribution in [3.05, 3.63) is 35.4 Å². The molecule has 1 fully saturated rings. The van der Waals surface area contributed by atoms with E-state index in [-0.39, 0.29) is 0 Å². The summed E-state index contributed by atoms with van der Waals surface area (Å²) in [5.74, 6) is 0. The van der Waals surface area contributed by atoms with Crippen molar-refractivity contribution in [2.75, 3.05) is 0 Å². The fourth-order valence-corrected chi connectivity index (χ4v) is 2.93. The standard InChI is InChI=1S/C15H23N5/c1-12-13(9-16-10-14-7-8-19(2)18-14)11-20(17-12)15-5-3-4-6-15/h7-8,11,15-16H,3-6,9-10H2,1-2H3. The number of hydrogen-bond donors (Lipinski definition) is 1. The lowest BCUT2D eigenvalue weighted by atomic mass is 10.2. The molecule has 20 heavy (non-hydrogen) atoms. The Labute approximate surface area is 120 Å². The van der Waals surface area contributed by atoms with E-state index < -0.39 is 0 Å². The molecule has 0 amide bonds. The summed E-state index contributed by atoms with van der Waals surface area (Å²) >= 11 is 0. The summed E-state index contributed by atoms with van der Waals surface area (Å²) in [5.41, 5.74) is 3.52. The Morgan fingerprint density at radius 3 is 2.75 bits per heavy atom. The molecule has 0 atom stereocenters. The Hall–Kier alpha value is -1.62. The normalized spacial score (nSPS) is 16.1. The largest absolute Gasteiger partial charge is 0.307 e. The Kier molecular flexibility index (Phi) is 3.87. The molecule has 0 spiro atoms. The zero-order chi connectivity index (χ0) is 13.9. The third kappa shape index (κ3) is 2.93. The van der Waals surface area contributed by atoms with Crippen molar-refractivity contribution < 1.29 is 0 Å². The van der Waals surface area contributed by atoms with Crippen LogP contribution in [0.4, 0.5) is 0 Å². The summed E-state index contributed by atoms with van der Waals surface area (Å²) in [7, 11) is 1.94. The smallest absolute Gasteiger partial charge is 0.0762 e. The van der Waals surface area contributed by atoms with Crippen LogP contribution in [0.5, 0.6) is 0 Å². The fourth-order valence-electron chi connectivity index (χ4n) is 2.93. The first kappa shape index (κ1) is 13.4. The molecule has 2 aromatic rings. The second-order valence-corrected chi connectivity index (χ2v) is 5.74. The van der Waals surface area contributed by atoms with Gasteiger partial charge in [0.1, 0.15) is 0 Å². The minimum atomic E-state index is 0.623. The van der Waals surface area contributed by atoms with E-state index >= 15 is 0 Å². The third-order valence-corrected chi connectivity index (χ3v) is 4.11. The Bertz CT molecular complexity index is 563. The first-order chi connectivity index (χ1) is 9.72. The van der Waals surface area contributed by atoms with Crippen molar-refractivity contribution in [2.24, 2.45) is 7.05 Å². The van der Waals surface area contributed by atoms with E-state index in [4.69, 9.17) is 0 Å². The summed E-state index contributed by atoms with van der Waals surface area (Å²) < 4.78 is 4.01. The molecular weight excluding hydrogens is 250 g/mol. The number of aromatic nitrogens is 4. The molecule has 108 valence electrons. The van der Waals surface area contributed by atoms with Gasteiger partial charge in [-0.1, -0.05) is 12.8 Å². The molecule has 0 aromatic carbocycles. The first-order valence-electron chi connectivity index (χ1n) is 7.46. The highest BCUT2D eigenvalue weighted by molar-refractivity contribution is 5.16. The van der Waals surface area contributed by atoms with E-state index in [0.29, 0.717) is 6.04 Å². The highest BCUT2D eigenvalue weighted by atomic mass is 15.3. The molecule has 1 N–H and O–H groups in total. The van der Waals surface area contributed by atoms with Gasteiger partial charge in [0, 0.05) is 38.1 Å². The van der Waals surface area contributed by atoms with Crippen LogP contribution in [0.25, 0.3) is 0 Å². The Morgan fingerprint density at radius 2 is 2.05 bits per heavy atom. The third-order valence-electron chi connectivity index (χ3n) is 4.11. The minimum Gasteiger partial charge on any atom is -0.307 e. The maximum Gasteiger partial charge on any atom is 0.0762 e. The van der Waals surface area contributed by atoms with Crippen molar-refractivity contribution in [3.63, 3.8) is 0 Å². The van der Waals surface area contributed by atoms with Crippen molar-refractivity contribution in [1.82, 2.24) is 24.9 Å². The molecule has 2 aromatic heterocycles. The van der Waals surface area contributed by atoms with Gasteiger partial charge in [-0.25, -0.2) is 0 Å². The van der Waals surface area contributed by atoms with E-state index in [9.17, 15) is 0 Å². The lowest BCUT2D eigenvalue weighted by molar-refractivity contribution is 0.464. The minimum absolute atomic E-state index is 0.623. The molecule has 0 unspecified atom stereocenters. The second kappa shape index (κ2) is 5.79. The Balaban J connectivity index is 1.57. The van der Waals surface area contributed by atoms with Gasteiger partial charge in [-0.3, -0.25) is 9.36 Å². The molecule has 5 nitrogen and oxygen atoms in total. The van der Waals surface area contributed by atoms with Crippen LogP contribution in [0.1, 0.15) is 48.7 Å². The van der Waals surface area contributed by atoms with E-state index in [2.05, 4.69) is 33.3 Å². The van der Waals surface area contributed by atoms with Gasteiger partial charge in [-0.15, -0.1) is 0 Å². The number of rotatable bonds is 5. The molecule has 0 bridgehead atoms. The van der Waals surface area contributed by atoms with Crippen molar-refractivity contribution in [3.8, 4) is 0 Å². The number of nitrogens with zero attached hydrogens (tertiary/aromatic N) is 4. The van der Waals surface area contributed by atoms with Crippen molar-refractivity contribution in [1.29, 1.82) is 0 Å². The molecule has 1 aliphatic rings. The molecule has 0 radical (unpaired) electrons. The lowest BCUT2D eigenvalue weighted by Gasteiger charge is -2.08. The predicted molar refractivity (Wildman–Crippen MR) is 78.2 cm³/mol. The van der Waals surface area contributed by atoms with Gasteiger partial charge >= 0.3 is 0 Å². The van der Waals surface area contributed by atoms with Crippen LogP contribution in [0.3, 0.4) is 0 Å². The quantitative estimate of drug-likeness (QED) is 0.909. The van der Waals surface area contributed by atoms with Gasteiger partial charge in [0.25, 0.3) is 0 Å². The average Bonchev–Trinajstić information content (AvgIpc) is 3.12. The van der Waals surface area contributed by atoms with Gasteiger partial charge in [-0.05, 0) is 25.8 Å². The number of nitrogens with one attached hydrogen (secondary N) is 1. The molecule has 1 saturated carbocycles. The molecule has 3 rings (SSSR count). The van der Waals surface area contributed by atoms with E-state index in [1.165, 1.54) is 31.2 Å². The van der Waals surface area contributed by atoms with Crippen LogP contribution in [-0.2, 0) is 20.1 Å². The summed E-state index contributed by atoms with van der Waals surface area (Å²) in [5, 5.41) is 12.5. The average molecular weight is 273 g/mol. The summed E-state index contributed by atoms with van der Waals surface area (Å²) in [6, 6.07) is 2.67. The maximum absolute atomic E-state index is 4.68. The fraction of sp³-hybridized carbons (Fsp3) is 0.600.